The van der Waals surface area contributed by atoms with Gasteiger partial charge in [-0.1, -0.05) is 0 Å². The Balaban J connectivity index is 1.61. The largest absolute Gasteiger partial charge is 0.454 e. The van der Waals surface area contributed by atoms with Gasteiger partial charge >= 0.3 is 5.97 Å². The van der Waals surface area contributed by atoms with Gasteiger partial charge in [0.15, 0.2) is 11.9 Å². The minimum atomic E-state index is -3.66. The maximum atomic E-state index is 12.8. The van der Waals surface area contributed by atoms with Crippen LogP contribution >= 0.6 is 0 Å². The molecule has 0 amide bonds. The molecule has 0 aromatic carbocycles. The molecule has 0 bridgehead atoms. The number of esters is 1. The second kappa shape index (κ2) is 9.33. The predicted octanol–water partition coefficient (Wildman–Crippen LogP) is 2.44. The highest BCUT2D eigenvalue weighted by Gasteiger charge is 2.34. The van der Waals surface area contributed by atoms with Crippen molar-refractivity contribution in [2.24, 2.45) is 5.92 Å². The summed E-state index contributed by atoms with van der Waals surface area (Å²) in [6.07, 6.45) is 2.37. The number of nitrogens with one attached hydrogen (secondary N) is 1. The SMILES string of the molecule is CC(=O)c1c(C)[nH]c(C(=O)C(C)OC(=O)C2CCN(S(=O)(=O)c3cccnc3)CC2)c1C. The molecule has 3 rings (SSSR count). The highest BCUT2D eigenvalue weighted by molar-refractivity contribution is 7.89. The fraction of sp³-hybridized carbons (Fsp3) is 0.455. The molecule has 1 atom stereocenters. The highest BCUT2D eigenvalue weighted by atomic mass is 32.2. The van der Waals surface area contributed by atoms with Crippen LogP contribution in [-0.4, -0.2) is 59.4 Å². The Morgan fingerprint density at radius 2 is 1.88 bits per heavy atom. The minimum Gasteiger partial charge on any atom is -0.454 e. The zero-order valence-electron chi connectivity index (χ0n) is 18.5. The third-order valence-electron chi connectivity index (χ3n) is 5.76. The Kier molecular flexibility index (Phi) is 6.94. The summed E-state index contributed by atoms with van der Waals surface area (Å²) in [5.74, 6) is -1.59. The number of aromatic amines is 1. The number of ketones is 2. The number of nitrogens with zero attached hydrogens (tertiary/aromatic N) is 2. The van der Waals surface area contributed by atoms with E-state index in [1.165, 1.54) is 36.6 Å². The van der Waals surface area contributed by atoms with E-state index in [4.69, 9.17) is 4.74 Å². The summed E-state index contributed by atoms with van der Waals surface area (Å²) >= 11 is 0. The molecular formula is C22H27N3O6S. The van der Waals surface area contributed by atoms with Crippen LogP contribution in [0.25, 0.3) is 0 Å². The van der Waals surface area contributed by atoms with Crippen molar-refractivity contribution in [3.05, 3.63) is 47.0 Å². The average molecular weight is 462 g/mol. The van der Waals surface area contributed by atoms with Crippen LogP contribution in [0.2, 0.25) is 0 Å². The van der Waals surface area contributed by atoms with E-state index in [0.29, 0.717) is 29.7 Å². The van der Waals surface area contributed by atoms with Gasteiger partial charge in [0.1, 0.15) is 4.90 Å². The van der Waals surface area contributed by atoms with Crippen LogP contribution in [0.4, 0.5) is 0 Å². The number of pyridine rings is 1. The average Bonchev–Trinajstić information content (AvgIpc) is 3.07. The number of carbonyl (C=O) groups excluding carboxylic acids is 3. The Bertz CT molecular complexity index is 1130. The number of aryl methyl sites for hydroxylation is 1. The number of ether oxygens (including phenoxy) is 1. The van der Waals surface area contributed by atoms with Crippen LogP contribution in [0.3, 0.4) is 0 Å². The molecule has 1 unspecified atom stereocenters. The van der Waals surface area contributed by atoms with Crippen LogP contribution in [0, 0.1) is 19.8 Å². The van der Waals surface area contributed by atoms with Crippen LogP contribution in [0.1, 0.15) is 58.8 Å². The first-order chi connectivity index (χ1) is 15.0. The van der Waals surface area contributed by atoms with Gasteiger partial charge in [0.05, 0.1) is 11.6 Å². The second-order valence-electron chi connectivity index (χ2n) is 7.99. The van der Waals surface area contributed by atoms with E-state index in [2.05, 4.69) is 9.97 Å². The first kappa shape index (κ1) is 23.8. The Morgan fingerprint density at radius 1 is 1.22 bits per heavy atom. The quantitative estimate of drug-likeness (QED) is 0.496. The molecule has 0 radical (unpaired) electrons. The van der Waals surface area contributed by atoms with E-state index in [-0.39, 0.29) is 29.5 Å². The zero-order valence-corrected chi connectivity index (χ0v) is 19.4. The summed E-state index contributed by atoms with van der Waals surface area (Å²) in [5.41, 5.74) is 1.86. The van der Waals surface area contributed by atoms with Gasteiger partial charge in [-0.2, -0.15) is 4.31 Å². The molecule has 172 valence electrons. The van der Waals surface area contributed by atoms with Crippen molar-refractivity contribution in [2.75, 3.05) is 13.1 Å². The number of piperidine rings is 1. The number of aromatic nitrogens is 2. The summed E-state index contributed by atoms with van der Waals surface area (Å²) in [6.45, 7) is 6.67. The molecule has 9 nitrogen and oxygen atoms in total. The van der Waals surface area contributed by atoms with E-state index in [9.17, 15) is 22.8 Å². The van der Waals surface area contributed by atoms with Crippen LogP contribution in [-0.2, 0) is 19.6 Å². The lowest BCUT2D eigenvalue weighted by Crippen LogP contribution is -2.41. The number of hydrogen-bond acceptors (Lipinski definition) is 7. The molecular weight excluding hydrogens is 434 g/mol. The third kappa shape index (κ3) is 4.66. The summed E-state index contributed by atoms with van der Waals surface area (Å²) < 4.78 is 32.1. The van der Waals surface area contributed by atoms with Gasteiger partial charge in [-0.3, -0.25) is 19.4 Å². The lowest BCUT2D eigenvalue weighted by Gasteiger charge is -2.30. The molecule has 1 N–H and O–H groups in total. The smallest absolute Gasteiger partial charge is 0.309 e. The summed E-state index contributed by atoms with van der Waals surface area (Å²) in [7, 11) is -3.66. The maximum Gasteiger partial charge on any atom is 0.309 e. The standard InChI is InChI=1S/C22H27N3O6S/c1-13-19(15(3)26)14(2)24-20(13)21(27)16(4)31-22(28)17-7-10-25(11-8-17)32(29,30)18-6-5-9-23-12-18/h5-6,9,12,16-17,24H,7-8,10-11H2,1-4H3. The lowest BCUT2D eigenvalue weighted by atomic mass is 9.98. The molecule has 1 saturated heterocycles. The van der Waals surface area contributed by atoms with Crippen molar-refractivity contribution in [3.63, 3.8) is 0 Å². The van der Waals surface area contributed by atoms with E-state index >= 15 is 0 Å². The molecule has 3 heterocycles. The summed E-state index contributed by atoms with van der Waals surface area (Å²) in [4.78, 5) is 44.1. The van der Waals surface area contributed by atoms with Gasteiger partial charge in [0.25, 0.3) is 0 Å². The van der Waals surface area contributed by atoms with E-state index in [1.807, 2.05) is 0 Å². The third-order valence-corrected chi connectivity index (χ3v) is 7.64. The van der Waals surface area contributed by atoms with Gasteiger partial charge in [-0.05, 0) is 58.2 Å². The number of rotatable bonds is 7. The maximum absolute atomic E-state index is 12.8. The zero-order chi connectivity index (χ0) is 23.6. The molecule has 0 saturated carbocycles. The molecule has 0 aliphatic carbocycles. The van der Waals surface area contributed by atoms with Gasteiger partial charge < -0.3 is 9.72 Å². The fourth-order valence-electron chi connectivity index (χ4n) is 4.03. The van der Waals surface area contributed by atoms with Crippen LogP contribution < -0.4 is 0 Å². The van der Waals surface area contributed by atoms with Crippen molar-refractivity contribution < 1.29 is 27.5 Å². The molecule has 10 heteroatoms. The van der Waals surface area contributed by atoms with Crippen molar-refractivity contribution in [2.45, 2.75) is 51.5 Å². The molecule has 2 aromatic rings. The Morgan fingerprint density at radius 3 is 2.41 bits per heavy atom. The summed E-state index contributed by atoms with van der Waals surface area (Å²) in [5, 5.41) is 0. The number of sulfonamides is 1. The lowest BCUT2D eigenvalue weighted by molar-refractivity contribution is -0.152. The molecule has 1 aliphatic heterocycles. The molecule has 32 heavy (non-hydrogen) atoms. The molecule has 1 aliphatic rings. The van der Waals surface area contributed by atoms with E-state index in [1.54, 1.807) is 19.9 Å². The summed E-state index contributed by atoms with van der Waals surface area (Å²) in [6, 6.07) is 3.04. The Hall–Kier alpha value is -2.85. The number of H-pyrrole nitrogens is 1. The highest BCUT2D eigenvalue weighted by Crippen LogP contribution is 2.25. The number of carbonyl (C=O) groups is 3. The van der Waals surface area contributed by atoms with Crippen molar-refractivity contribution in [3.8, 4) is 0 Å². The van der Waals surface area contributed by atoms with Gasteiger partial charge in [-0.25, -0.2) is 8.42 Å². The van der Waals surface area contributed by atoms with Crippen molar-refractivity contribution >= 4 is 27.6 Å². The molecule has 1 fully saturated rings. The Labute approximate surface area is 187 Å². The van der Waals surface area contributed by atoms with Gasteiger partial charge in [0.2, 0.25) is 15.8 Å². The van der Waals surface area contributed by atoms with Crippen LogP contribution in [0.15, 0.2) is 29.4 Å². The topological polar surface area (TPSA) is 126 Å². The number of hydrogen-bond donors (Lipinski definition) is 1. The van der Waals surface area contributed by atoms with Crippen molar-refractivity contribution in [1.29, 1.82) is 0 Å². The fourth-order valence-corrected chi connectivity index (χ4v) is 5.47. The van der Waals surface area contributed by atoms with Gasteiger partial charge in [0, 0.05) is 36.7 Å². The predicted molar refractivity (Wildman–Crippen MR) is 116 cm³/mol. The molecule has 2 aromatic heterocycles. The molecule has 0 spiro atoms. The van der Waals surface area contributed by atoms with Crippen molar-refractivity contribution in [1.82, 2.24) is 14.3 Å². The van der Waals surface area contributed by atoms with Crippen LogP contribution in [0.5, 0.6) is 0 Å². The van der Waals surface area contributed by atoms with E-state index in [0.717, 1.165) is 0 Å². The van der Waals surface area contributed by atoms with E-state index < -0.39 is 33.8 Å². The first-order valence-electron chi connectivity index (χ1n) is 10.4. The normalized spacial score (nSPS) is 16.5. The minimum absolute atomic E-state index is 0.113. The number of Topliss-reactive ketones (excluding diaryl/α,β-unsaturated/α-hetero) is 2. The second-order valence-corrected chi connectivity index (χ2v) is 9.93. The van der Waals surface area contributed by atoms with Gasteiger partial charge in [-0.15, -0.1) is 0 Å². The monoisotopic (exact) mass is 461 g/mol. The first-order valence-corrected chi connectivity index (χ1v) is 11.8.